The molecule has 0 saturated carbocycles. The maximum absolute atomic E-state index is 13.0. The predicted octanol–water partition coefficient (Wildman–Crippen LogP) is 4.90. The minimum atomic E-state index is -5.05. The van der Waals surface area contributed by atoms with E-state index in [1.807, 2.05) is 24.4 Å². The monoisotopic (exact) mass is 455 g/mol. The molecule has 1 N–H and O–H groups in total. The van der Waals surface area contributed by atoms with Gasteiger partial charge in [-0.05, 0) is 31.2 Å². The number of alkyl halides is 6. The second-order valence-corrected chi connectivity index (χ2v) is 6.92. The van der Waals surface area contributed by atoms with Gasteiger partial charge in [-0.15, -0.1) is 0 Å². The van der Waals surface area contributed by atoms with Crippen molar-refractivity contribution in [2.45, 2.75) is 25.8 Å². The summed E-state index contributed by atoms with van der Waals surface area (Å²) >= 11 is 0. The molecular weight excluding hydrogens is 440 g/mol. The molecule has 5 nitrogen and oxygen atoms in total. The van der Waals surface area contributed by atoms with E-state index in [4.69, 9.17) is 0 Å². The Bertz CT molecular complexity index is 1170. The van der Waals surface area contributed by atoms with Crippen molar-refractivity contribution >= 4 is 11.6 Å². The van der Waals surface area contributed by atoms with Crippen LogP contribution >= 0.6 is 0 Å². The average molecular weight is 455 g/mol. The molecule has 168 valence electrons. The highest BCUT2D eigenvalue weighted by Crippen LogP contribution is 2.37. The van der Waals surface area contributed by atoms with Crippen LogP contribution in [0.2, 0.25) is 0 Å². The average Bonchev–Trinajstić information content (AvgIpc) is 2.69. The number of amides is 1. The highest BCUT2D eigenvalue weighted by Gasteiger charge is 2.37. The van der Waals surface area contributed by atoms with Gasteiger partial charge in [0.15, 0.2) is 0 Å². The Hall–Kier alpha value is -3.63. The summed E-state index contributed by atoms with van der Waals surface area (Å²) in [6.45, 7) is 1.16. The van der Waals surface area contributed by atoms with Gasteiger partial charge in [-0.25, -0.2) is 4.68 Å². The number of aryl methyl sites for hydroxylation is 1. The molecule has 1 amide bonds. The van der Waals surface area contributed by atoms with Crippen molar-refractivity contribution < 1.29 is 31.1 Å². The molecule has 0 aliphatic carbocycles. The van der Waals surface area contributed by atoms with Crippen molar-refractivity contribution in [1.29, 1.82) is 0 Å². The van der Waals surface area contributed by atoms with Crippen LogP contribution in [-0.2, 0) is 23.7 Å². The summed E-state index contributed by atoms with van der Waals surface area (Å²) in [5, 5.41) is 6.02. The number of carbonyl (C=O) groups excluding carboxylic acids is 1. The van der Waals surface area contributed by atoms with E-state index in [2.05, 4.69) is 5.10 Å². The normalized spacial score (nSPS) is 12.0. The molecular formula is C21H15F6N3O2. The predicted molar refractivity (Wildman–Crippen MR) is 104 cm³/mol. The molecule has 0 aliphatic rings. The SMILES string of the molecule is Cc1ccc(-c2ccc(=O)n(CC(=O)Nc3cc(C(F)(F)F)cc(C(F)(F)F)c3)n2)cc1. The molecule has 0 fully saturated rings. The van der Waals surface area contributed by atoms with Crippen LogP contribution in [0.1, 0.15) is 16.7 Å². The summed E-state index contributed by atoms with van der Waals surface area (Å²) in [6, 6.07) is 10.4. The van der Waals surface area contributed by atoms with Gasteiger partial charge in [-0.1, -0.05) is 29.8 Å². The topological polar surface area (TPSA) is 64.0 Å². The first-order valence-corrected chi connectivity index (χ1v) is 9.07. The maximum atomic E-state index is 13.0. The fraction of sp³-hybridized carbons (Fsp3) is 0.190. The lowest BCUT2D eigenvalue weighted by molar-refractivity contribution is -0.143. The van der Waals surface area contributed by atoms with Crippen LogP contribution in [-0.4, -0.2) is 15.7 Å². The third kappa shape index (κ3) is 5.54. The highest BCUT2D eigenvalue weighted by atomic mass is 19.4. The van der Waals surface area contributed by atoms with Gasteiger partial charge in [0.1, 0.15) is 6.54 Å². The Morgan fingerprint density at radius 1 is 0.906 bits per heavy atom. The van der Waals surface area contributed by atoms with Crippen molar-refractivity contribution in [2.24, 2.45) is 0 Å². The fourth-order valence-electron chi connectivity index (χ4n) is 2.80. The van der Waals surface area contributed by atoms with Crippen molar-refractivity contribution in [2.75, 3.05) is 5.32 Å². The fourth-order valence-corrected chi connectivity index (χ4v) is 2.80. The first-order chi connectivity index (χ1) is 14.8. The first-order valence-electron chi connectivity index (χ1n) is 9.07. The number of nitrogens with zero attached hydrogens (tertiary/aromatic N) is 2. The largest absolute Gasteiger partial charge is 0.416 e. The van der Waals surface area contributed by atoms with Gasteiger partial charge in [-0.3, -0.25) is 9.59 Å². The first kappa shape index (κ1) is 23.0. The van der Waals surface area contributed by atoms with E-state index in [0.717, 1.165) is 16.3 Å². The zero-order valence-electron chi connectivity index (χ0n) is 16.4. The lowest BCUT2D eigenvalue weighted by atomic mass is 10.1. The van der Waals surface area contributed by atoms with Crippen LogP contribution in [0.4, 0.5) is 32.0 Å². The van der Waals surface area contributed by atoms with Crippen molar-refractivity contribution in [3.63, 3.8) is 0 Å². The number of rotatable bonds is 4. The number of hydrogen-bond donors (Lipinski definition) is 1. The summed E-state index contributed by atoms with van der Waals surface area (Å²) in [6.07, 6.45) is -10.1. The van der Waals surface area contributed by atoms with Crippen molar-refractivity contribution in [3.8, 4) is 11.3 Å². The van der Waals surface area contributed by atoms with E-state index >= 15 is 0 Å². The van der Waals surface area contributed by atoms with Crippen LogP contribution < -0.4 is 10.9 Å². The third-order valence-corrected chi connectivity index (χ3v) is 4.38. The summed E-state index contributed by atoms with van der Waals surface area (Å²) in [4.78, 5) is 24.3. The Labute approximate surface area is 177 Å². The molecule has 1 heterocycles. The van der Waals surface area contributed by atoms with Crippen LogP contribution in [0, 0.1) is 6.92 Å². The number of carbonyl (C=O) groups is 1. The van der Waals surface area contributed by atoms with E-state index in [-0.39, 0.29) is 6.07 Å². The van der Waals surface area contributed by atoms with E-state index in [1.165, 1.54) is 6.07 Å². The Balaban J connectivity index is 1.86. The summed E-state index contributed by atoms with van der Waals surface area (Å²) in [7, 11) is 0. The number of benzene rings is 2. The Morgan fingerprint density at radius 3 is 2.00 bits per heavy atom. The third-order valence-electron chi connectivity index (χ3n) is 4.38. The van der Waals surface area contributed by atoms with Gasteiger partial charge in [-0.2, -0.15) is 31.4 Å². The van der Waals surface area contributed by atoms with Gasteiger partial charge < -0.3 is 5.32 Å². The molecule has 0 radical (unpaired) electrons. The second kappa shape index (κ2) is 8.48. The number of halogens is 6. The van der Waals surface area contributed by atoms with Crippen molar-refractivity contribution in [3.05, 3.63) is 81.6 Å². The lowest BCUT2D eigenvalue weighted by Gasteiger charge is -2.15. The molecule has 0 spiro atoms. The minimum Gasteiger partial charge on any atom is -0.324 e. The Morgan fingerprint density at radius 2 is 1.47 bits per heavy atom. The van der Waals surface area contributed by atoms with E-state index in [0.29, 0.717) is 23.4 Å². The number of anilines is 1. The van der Waals surface area contributed by atoms with Gasteiger partial charge in [0.2, 0.25) is 5.91 Å². The molecule has 0 saturated heterocycles. The number of hydrogen-bond acceptors (Lipinski definition) is 3. The smallest absolute Gasteiger partial charge is 0.324 e. The van der Waals surface area contributed by atoms with Crippen LogP contribution in [0.25, 0.3) is 11.3 Å². The van der Waals surface area contributed by atoms with Crippen molar-refractivity contribution in [1.82, 2.24) is 9.78 Å². The molecule has 0 unspecified atom stereocenters. The summed E-state index contributed by atoms with van der Waals surface area (Å²) < 4.78 is 78.6. The van der Waals surface area contributed by atoms with E-state index in [9.17, 15) is 35.9 Å². The summed E-state index contributed by atoms with van der Waals surface area (Å²) in [5.41, 5.74) is -2.52. The van der Waals surface area contributed by atoms with Crippen LogP contribution in [0.15, 0.2) is 59.4 Å². The molecule has 0 atom stereocenters. The lowest BCUT2D eigenvalue weighted by Crippen LogP contribution is -2.29. The van der Waals surface area contributed by atoms with Gasteiger partial charge in [0.25, 0.3) is 5.56 Å². The van der Waals surface area contributed by atoms with Gasteiger partial charge in [0.05, 0.1) is 16.8 Å². The zero-order valence-corrected chi connectivity index (χ0v) is 16.4. The molecule has 3 rings (SSSR count). The van der Waals surface area contributed by atoms with Gasteiger partial charge in [0, 0.05) is 17.3 Å². The quantitative estimate of drug-likeness (QED) is 0.570. The molecule has 0 bridgehead atoms. The highest BCUT2D eigenvalue weighted by molar-refractivity contribution is 5.90. The maximum Gasteiger partial charge on any atom is 0.416 e. The van der Waals surface area contributed by atoms with Crippen LogP contribution in [0.3, 0.4) is 0 Å². The molecule has 32 heavy (non-hydrogen) atoms. The van der Waals surface area contributed by atoms with E-state index < -0.39 is 47.2 Å². The Kier molecular flexibility index (Phi) is 6.11. The second-order valence-electron chi connectivity index (χ2n) is 6.92. The molecule has 11 heteroatoms. The van der Waals surface area contributed by atoms with Gasteiger partial charge >= 0.3 is 12.4 Å². The molecule has 0 aliphatic heterocycles. The standard InChI is InChI=1S/C21H15F6N3O2/c1-12-2-4-13(5-3-12)17-6-7-19(32)30(29-17)11-18(31)28-16-9-14(20(22,23)24)8-15(10-16)21(25,26)27/h2-10H,11H2,1H3,(H,28,31). The van der Waals surface area contributed by atoms with Crippen LogP contribution in [0.5, 0.6) is 0 Å². The minimum absolute atomic E-state index is 0.0489. The van der Waals surface area contributed by atoms with E-state index in [1.54, 1.807) is 12.1 Å². The summed E-state index contributed by atoms with van der Waals surface area (Å²) in [5.74, 6) is -1.02. The number of aromatic nitrogens is 2. The molecule has 3 aromatic rings. The molecule has 2 aromatic carbocycles. The molecule has 1 aromatic heterocycles. The zero-order chi connectivity index (χ0) is 23.7. The number of nitrogens with one attached hydrogen (secondary N) is 1.